The number of nitrogens with one attached hydrogen (secondary N) is 2. The first-order chi connectivity index (χ1) is 7.90. The molecule has 0 heterocycles. The van der Waals surface area contributed by atoms with E-state index in [1.807, 2.05) is 0 Å². The van der Waals surface area contributed by atoms with Gasteiger partial charge in [0, 0.05) is 0 Å². The molecule has 0 unspecified atom stereocenters. The maximum absolute atomic E-state index is 11.5. The molecule has 0 aliphatic carbocycles. The third kappa shape index (κ3) is 6.25. The number of carboxylic acid groups (broad SMARTS) is 1. The SMILES string of the molecule is C[C@H](C=O)NC(=O)[C@@H](CC(=O)O)NC(=O)CN. The van der Waals surface area contributed by atoms with Crippen LogP contribution in [0.1, 0.15) is 13.3 Å². The van der Waals surface area contributed by atoms with E-state index in [-0.39, 0.29) is 6.54 Å². The summed E-state index contributed by atoms with van der Waals surface area (Å²) in [6.07, 6.45) is -0.0936. The summed E-state index contributed by atoms with van der Waals surface area (Å²) in [4.78, 5) is 43.3. The van der Waals surface area contributed by atoms with Crippen molar-refractivity contribution < 1.29 is 24.3 Å². The molecule has 0 aliphatic heterocycles. The lowest BCUT2D eigenvalue weighted by Crippen LogP contribution is -2.51. The molecule has 5 N–H and O–H groups in total. The van der Waals surface area contributed by atoms with Crippen LogP contribution < -0.4 is 16.4 Å². The highest BCUT2D eigenvalue weighted by Gasteiger charge is 2.24. The molecule has 96 valence electrons. The van der Waals surface area contributed by atoms with Crippen LogP contribution in [0.2, 0.25) is 0 Å². The predicted octanol–water partition coefficient (Wildman–Crippen LogP) is -2.39. The van der Waals surface area contributed by atoms with E-state index in [1.165, 1.54) is 6.92 Å². The van der Waals surface area contributed by atoms with Gasteiger partial charge < -0.3 is 26.3 Å². The second-order valence-electron chi connectivity index (χ2n) is 3.36. The number of hydrogen-bond donors (Lipinski definition) is 4. The smallest absolute Gasteiger partial charge is 0.305 e. The zero-order valence-corrected chi connectivity index (χ0v) is 9.30. The first-order valence-corrected chi connectivity index (χ1v) is 4.87. The third-order valence-electron chi connectivity index (χ3n) is 1.79. The molecule has 0 aromatic heterocycles. The van der Waals surface area contributed by atoms with Crippen molar-refractivity contribution in [3.8, 4) is 0 Å². The molecule has 0 saturated carbocycles. The molecule has 0 saturated heterocycles. The number of carboxylic acids is 1. The summed E-state index contributed by atoms with van der Waals surface area (Å²) in [6, 6.07) is -2.00. The molecule has 0 radical (unpaired) electrons. The lowest BCUT2D eigenvalue weighted by Gasteiger charge is -2.17. The molecule has 0 aromatic rings. The maximum Gasteiger partial charge on any atom is 0.305 e. The highest BCUT2D eigenvalue weighted by Crippen LogP contribution is 1.94. The summed E-state index contributed by atoms with van der Waals surface area (Å²) in [7, 11) is 0. The molecular formula is C9H15N3O5. The van der Waals surface area contributed by atoms with E-state index < -0.39 is 36.3 Å². The van der Waals surface area contributed by atoms with Crippen LogP contribution in [0.25, 0.3) is 0 Å². The number of carbonyl (C=O) groups is 4. The van der Waals surface area contributed by atoms with Gasteiger partial charge in [0.2, 0.25) is 11.8 Å². The van der Waals surface area contributed by atoms with Crippen molar-refractivity contribution in [2.75, 3.05) is 6.54 Å². The molecule has 17 heavy (non-hydrogen) atoms. The van der Waals surface area contributed by atoms with Crippen LogP contribution in [-0.4, -0.2) is 47.8 Å². The second kappa shape index (κ2) is 7.34. The molecule has 0 rings (SSSR count). The Morgan fingerprint density at radius 2 is 1.94 bits per heavy atom. The average molecular weight is 245 g/mol. The minimum Gasteiger partial charge on any atom is -0.481 e. The first kappa shape index (κ1) is 15.0. The minimum absolute atomic E-state index is 0.355. The van der Waals surface area contributed by atoms with Crippen molar-refractivity contribution in [2.45, 2.75) is 25.4 Å². The van der Waals surface area contributed by atoms with Crippen molar-refractivity contribution in [3.63, 3.8) is 0 Å². The zero-order valence-electron chi connectivity index (χ0n) is 9.30. The number of carbonyl (C=O) groups excluding carboxylic acids is 3. The number of aldehydes is 1. The Hall–Kier alpha value is -1.96. The summed E-state index contributed by atoms with van der Waals surface area (Å²) in [5.74, 6) is -2.64. The first-order valence-electron chi connectivity index (χ1n) is 4.87. The number of nitrogens with two attached hydrogens (primary N) is 1. The molecule has 8 nitrogen and oxygen atoms in total. The van der Waals surface area contributed by atoms with E-state index >= 15 is 0 Å². The van der Waals surface area contributed by atoms with Gasteiger partial charge in [-0.2, -0.15) is 0 Å². The standard InChI is InChI=1S/C9H15N3O5/c1-5(4-13)11-9(17)6(2-8(15)16)12-7(14)3-10/h4-6H,2-3,10H2,1H3,(H,11,17)(H,12,14)(H,15,16)/t5-,6-/m1/s1. The summed E-state index contributed by atoms with van der Waals surface area (Å²) in [6.45, 7) is 1.07. The monoisotopic (exact) mass is 245 g/mol. The quantitative estimate of drug-likeness (QED) is 0.369. The highest BCUT2D eigenvalue weighted by atomic mass is 16.4. The molecule has 0 bridgehead atoms. The summed E-state index contributed by atoms with van der Waals surface area (Å²) >= 11 is 0. The Kier molecular flexibility index (Phi) is 6.49. The normalized spacial score (nSPS) is 13.3. The van der Waals surface area contributed by atoms with Crippen molar-refractivity contribution in [1.82, 2.24) is 10.6 Å². The number of hydrogen-bond acceptors (Lipinski definition) is 5. The van der Waals surface area contributed by atoms with Gasteiger partial charge in [0.25, 0.3) is 0 Å². The largest absolute Gasteiger partial charge is 0.481 e. The van der Waals surface area contributed by atoms with E-state index in [0.717, 1.165) is 0 Å². The Balaban J connectivity index is 4.55. The van der Waals surface area contributed by atoms with E-state index in [2.05, 4.69) is 10.6 Å². The molecule has 8 heteroatoms. The van der Waals surface area contributed by atoms with E-state index in [9.17, 15) is 19.2 Å². The highest BCUT2D eigenvalue weighted by molar-refractivity contribution is 5.92. The van der Waals surface area contributed by atoms with Crippen LogP contribution in [0.4, 0.5) is 0 Å². The minimum atomic E-state index is -1.25. The number of amides is 2. The Morgan fingerprint density at radius 1 is 1.35 bits per heavy atom. The molecule has 0 aromatic carbocycles. The van der Waals surface area contributed by atoms with Crippen molar-refractivity contribution in [1.29, 1.82) is 0 Å². The van der Waals surface area contributed by atoms with Gasteiger partial charge in [-0.25, -0.2) is 0 Å². The van der Waals surface area contributed by atoms with Gasteiger partial charge in [0.1, 0.15) is 12.3 Å². The van der Waals surface area contributed by atoms with Crippen molar-refractivity contribution in [3.05, 3.63) is 0 Å². The molecule has 0 fully saturated rings. The van der Waals surface area contributed by atoms with E-state index in [4.69, 9.17) is 10.8 Å². The molecule has 0 aliphatic rings. The second-order valence-corrected chi connectivity index (χ2v) is 3.36. The lowest BCUT2D eigenvalue weighted by atomic mass is 10.1. The number of aliphatic carboxylic acids is 1. The molecule has 2 atom stereocenters. The van der Waals surface area contributed by atoms with Gasteiger partial charge >= 0.3 is 5.97 Å². The van der Waals surface area contributed by atoms with Crippen LogP contribution in [0.15, 0.2) is 0 Å². The van der Waals surface area contributed by atoms with Crippen LogP contribution in [-0.2, 0) is 19.2 Å². The van der Waals surface area contributed by atoms with Gasteiger partial charge in [0.15, 0.2) is 0 Å². The third-order valence-corrected chi connectivity index (χ3v) is 1.79. The Morgan fingerprint density at radius 3 is 2.35 bits per heavy atom. The van der Waals surface area contributed by atoms with Gasteiger partial charge in [0.05, 0.1) is 19.0 Å². The maximum atomic E-state index is 11.5. The molecular weight excluding hydrogens is 230 g/mol. The number of rotatable bonds is 7. The fourth-order valence-corrected chi connectivity index (χ4v) is 0.996. The zero-order chi connectivity index (χ0) is 13.4. The van der Waals surface area contributed by atoms with Gasteiger partial charge in [-0.3, -0.25) is 14.4 Å². The van der Waals surface area contributed by atoms with Crippen LogP contribution in [0, 0.1) is 0 Å². The summed E-state index contributed by atoms with van der Waals surface area (Å²) in [5.41, 5.74) is 5.03. The predicted molar refractivity (Wildman–Crippen MR) is 56.9 cm³/mol. The van der Waals surface area contributed by atoms with Gasteiger partial charge in [-0.05, 0) is 6.92 Å². The van der Waals surface area contributed by atoms with Gasteiger partial charge in [-0.1, -0.05) is 0 Å². The topological polar surface area (TPSA) is 139 Å². The average Bonchev–Trinajstić information content (AvgIpc) is 2.26. The summed E-state index contributed by atoms with van der Waals surface area (Å²) in [5, 5.41) is 13.0. The molecule has 0 spiro atoms. The fourth-order valence-electron chi connectivity index (χ4n) is 0.996. The van der Waals surface area contributed by atoms with Gasteiger partial charge in [-0.15, -0.1) is 0 Å². The van der Waals surface area contributed by atoms with E-state index in [0.29, 0.717) is 6.29 Å². The molecule has 2 amide bonds. The van der Waals surface area contributed by atoms with E-state index in [1.54, 1.807) is 0 Å². The lowest BCUT2D eigenvalue weighted by molar-refractivity contribution is -0.140. The summed E-state index contributed by atoms with van der Waals surface area (Å²) < 4.78 is 0. The fraction of sp³-hybridized carbons (Fsp3) is 0.556. The van der Waals surface area contributed by atoms with Crippen molar-refractivity contribution >= 4 is 24.1 Å². The van der Waals surface area contributed by atoms with Crippen LogP contribution >= 0.6 is 0 Å². The van der Waals surface area contributed by atoms with Crippen molar-refractivity contribution in [2.24, 2.45) is 5.73 Å². The van der Waals surface area contributed by atoms with Crippen LogP contribution in [0.5, 0.6) is 0 Å². The Labute approximate surface area is 97.5 Å². The Bertz CT molecular complexity index is 318. The van der Waals surface area contributed by atoms with Crippen LogP contribution in [0.3, 0.4) is 0 Å².